The molecule has 0 aliphatic rings. The van der Waals surface area contributed by atoms with E-state index in [4.69, 9.17) is 28.9 Å². The predicted molar refractivity (Wildman–Crippen MR) is 76.6 cm³/mol. The molecule has 3 heteroatoms. The fraction of sp³-hybridized carbons (Fsp3) is 0.571. The van der Waals surface area contributed by atoms with Gasteiger partial charge in [0, 0.05) is 16.1 Å². The summed E-state index contributed by atoms with van der Waals surface area (Å²) in [5, 5.41) is 1.31. The lowest BCUT2D eigenvalue weighted by Crippen LogP contribution is -2.23. The first-order chi connectivity index (χ1) is 7.71. The van der Waals surface area contributed by atoms with E-state index in [1.54, 1.807) is 6.07 Å². The quantitative estimate of drug-likeness (QED) is 0.818. The second kappa shape index (κ2) is 5.60. The highest BCUT2D eigenvalue weighted by Crippen LogP contribution is 2.34. The molecular weight excluding hydrogens is 253 g/mol. The summed E-state index contributed by atoms with van der Waals surface area (Å²) >= 11 is 12.0. The molecule has 0 saturated carbocycles. The monoisotopic (exact) mass is 273 g/mol. The summed E-state index contributed by atoms with van der Waals surface area (Å²) < 4.78 is 0. The van der Waals surface area contributed by atoms with Crippen molar-refractivity contribution in [3.8, 4) is 0 Å². The number of nitrogens with two attached hydrogens (primary N) is 1. The summed E-state index contributed by atoms with van der Waals surface area (Å²) in [4.78, 5) is 0. The molecule has 0 fully saturated rings. The SMILES string of the molecule is CC(CC(N)c1ccc(Cl)cc1Cl)C(C)(C)C. The largest absolute Gasteiger partial charge is 0.324 e. The van der Waals surface area contributed by atoms with Crippen molar-refractivity contribution < 1.29 is 0 Å². The molecule has 2 atom stereocenters. The third-order valence-electron chi connectivity index (χ3n) is 3.45. The Balaban J connectivity index is 2.80. The minimum absolute atomic E-state index is 0.0333. The van der Waals surface area contributed by atoms with Crippen LogP contribution in [-0.4, -0.2) is 0 Å². The Kier molecular flexibility index (Phi) is 4.88. The second-order valence-corrected chi connectivity index (χ2v) is 6.62. The van der Waals surface area contributed by atoms with Crippen LogP contribution in [0, 0.1) is 11.3 Å². The smallest absolute Gasteiger partial charge is 0.0468 e. The van der Waals surface area contributed by atoms with Crippen molar-refractivity contribution in [1.29, 1.82) is 0 Å². The summed E-state index contributed by atoms with van der Waals surface area (Å²) in [6.07, 6.45) is 0.921. The van der Waals surface area contributed by atoms with Crippen molar-refractivity contribution in [3.63, 3.8) is 0 Å². The molecule has 0 spiro atoms. The molecule has 1 nitrogen and oxygen atoms in total. The van der Waals surface area contributed by atoms with Gasteiger partial charge in [0.25, 0.3) is 0 Å². The van der Waals surface area contributed by atoms with Crippen LogP contribution in [0.25, 0.3) is 0 Å². The molecule has 0 aliphatic carbocycles. The first-order valence-electron chi connectivity index (χ1n) is 5.92. The van der Waals surface area contributed by atoms with E-state index in [2.05, 4.69) is 27.7 Å². The summed E-state index contributed by atoms with van der Waals surface area (Å²) in [5.74, 6) is 0.532. The number of benzene rings is 1. The van der Waals surface area contributed by atoms with E-state index >= 15 is 0 Å². The van der Waals surface area contributed by atoms with Crippen LogP contribution >= 0.6 is 23.2 Å². The van der Waals surface area contributed by atoms with E-state index in [0.29, 0.717) is 16.0 Å². The lowest BCUT2D eigenvalue weighted by atomic mass is 9.78. The Morgan fingerprint density at radius 1 is 1.24 bits per heavy atom. The van der Waals surface area contributed by atoms with Crippen LogP contribution in [0.2, 0.25) is 10.0 Å². The average molecular weight is 274 g/mol. The zero-order valence-corrected chi connectivity index (χ0v) is 12.4. The summed E-state index contributed by atoms with van der Waals surface area (Å²) in [5.41, 5.74) is 7.46. The Morgan fingerprint density at radius 3 is 2.29 bits per heavy atom. The van der Waals surface area contributed by atoms with Crippen LogP contribution < -0.4 is 5.73 Å². The number of halogens is 2. The molecule has 1 rings (SSSR count). The van der Waals surface area contributed by atoms with Crippen molar-refractivity contribution in [1.82, 2.24) is 0 Å². The van der Waals surface area contributed by atoms with E-state index in [9.17, 15) is 0 Å². The molecule has 2 N–H and O–H groups in total. The minimum Gasteiger partial charge on any atom is -0.324 e. The van der Waals surface area contributed by atoms with Crippen LogP contribution in [0.3, 0.4) is 0 Å². The Morgan fingerprint density at radius 2 is 1.82 bits per heavy atom. The summed E-state index contributed by atoms with van der Waals surface area (Å²) in [7, 11) is 0. The van der Waals surface area contributed by atoms with Crippen LogP contribution in [-0.2, 0) is 0 Å². The molecule has 0 saturated heterocycles. The molecule has 0 amide bonds. The van der Waals surface area contributed by atoms with Crippen LogP contribution in [0.5, 0.6) is 0 Å². The van der Waals surface area contributed by atoms with Gasteiger partial charge in [-0.15, -0.1) is 0 Å². The van der Waals surface area contributed by atoms with Crippen LogP contribution in [0.4, 0.5) is 0 Å². The van der Waals surface area contributed by atoms with Crippen molar-refractivity contribution in [3.05, 3.63) is 33.8 Å². The van der Waals surface area contributed by atoms with Gasteiger partial charge in [-0.05, 0) is 35.4 Å². The zero-order valence-electron chi connectivity index (χ0n) is 10.9. The maximum Gasteiger partial charge on any atom is 0.0468 e. The van der Waals surface area contributed by atoms with Crippen LogP contribution in [0.1, 0.15) is 45.7 Å². The molecule has 96 valence electrons. The second-order valence-electron chi connectivity index (χ2n) is 5.78. The predicted octanol–water partition coefficient (Wildman–Crippen LogP) is 5.07. The van der Waals surface area contributed by atoms with E-state index in [0.717, 1.165) is 12.0 Å². The Bertz CT molecular complexity index is 382. The fourth-order valence-corrected chi connectivity index (χ4v) is 2.21. The lowest BCUT2D eigenvalue weighted by molar-refractivity contribution is 0.234. The fourth-order valence-electron chi connectivity index (χ4n) is 1.66. The van der Waals surface area contributed by atoms with Crippen molar-refractivity contribution in [2.24, 2.45) is 17.1 Å². The van der Waals surface area contributed by atoms with Gasteiger partial charge >= 0.3 is 0 Å². The highest BCUT2D eigenvalue weighted by Gasteiger charge is 2.23. The van der Waals surface area contributed by atoms with Crippen molar-refractivity contribution in [2.45, 2.75) is 40.2 Å². The molecule has 0 bridgehead atoms. The molecule has 17 heavy (non-hydrogen) atoms. The lowest BCUT2D eigenvalue weighted by Gasteiger charge is -2.29. The molecule has 0 aliphatic heterocycles. The first-order valence-corrected chi connectivity index (χ1v) is 6.68. The normalized spacial score (nSPS) is 15.7. The number of hydrogen-bond donors (Lipinski definition) is 1. The van der Waals surface area contributed by atoms with E-state index in [-0.39, 0.29) is 11.5 Å². The van der Waals surface area contributed by atoms with E-state index in [1.165, 1.54) is 0 Å². The molecule has 0 radical (unpaired) electrons. The van der Waals surface area contributed by atoms with Gasteiger partial charge in [0.2, 0.25) is 0 Å². The first kappa shape index (κ1) is 14.8. The Hall–Kier alpha value is -0.240. The summed E-state index contributed by atoms with van der Waals surface area (Å²) in [6, 6.07) is 5.48. The van der Waals surface area contributed by atoms with Crippen LogP contribution in [0.15, 0.2) is 18.2 Å². The molecule has 1 aromatic carbocycles. The van der Waals surface area contributed by atoms with Crippen molar-refractivity contribution >= 4 is 23.2 Å². The third-order valence-corrected chi connectivity index (χ3v) is 4.01. The van der Waals surface area contributed by atoms with Gasteiger partial charge in [-0.3, -0.25) is 0 Å². The molecule has 0 aromatic heterocycles. The highest BCUT2D eigenvalue weighted by molar-refractivity contribution is 6.35. The van der Waals surface area contributed by atoms with Gasteiger partial charge in [-0.1, -0.05) is 57.0 Å². The molecule has 1 aromatic rings. The van der Waals surface area contributed by atoms with E-state index in [1.807, 2.05) is 12.1 Å². The molecular formula is C14H21Cl2N. The summed E-state index contributed by atoms with van der Waals surface area (Å²) in [6.45, 7) is 8.92. The van der Waals surface area contributed by atoms with Gasteiger partial charge in [0.15, 0.2) is 0 Å². The third kappa shape index (κ3) is 4.17. The maximum atomic E-state index is 6.22. The van der Waals surface area contributed by atoms with Gasteiger partial charge in [-0.2, -0.15) is 0 Å². The zero-order chi connectivity index (χ0) is 13.2. The minimum atomic E-state index is -0.0333. The standard InChI is InChI=1S/C14H21Cl2N/c1-9(14(2,3)4)7-13(17)11-6-5-10(15)8-12(11)16/h5-6,8-9,13H,7,17H2,1-4H3. The van der Waals surface area contributed by atoms with E-state index < -0.39 is 0 Å². The number of rotatable bonds is 3. The maximum absolute atomic E-state index is 6.22. The highest BCUT2D eigenvalue weighted by atomic mass is 35.5. The van der Waals surface area contributed by atoms with Gasteiger partial charge in [-0.25, -0.2) is 0 Å². The number of hydrogen-bond acceptors (Lipinski definition) is 1. The van der Waals surface area contributed by atoms with Crippen molar-refractivity contribution in [2.75, 3.05) is 0 Å². The Labute approximate surface area is 114 Å². The van der Waals surface area contributed by atoms with Gasteiger partial charge in [0.1, 0.15) is 0 Å². The van der Waals surface area contributed by atoms with Gasteiger partial charge < -0.3 is 5.73 Å². The molecule has 2 unspecified atom stereocenters. The topological polar surface area (TPSA) is 26.0 Å². The molecule has 0 heterocycles. The average Bonchev–Trinajstić information content (AvgIpc) is 2.15. The van der Waals surface area contributed by atoms with Gasteiger partial charge in [0.05, 0.1) is 0 Å².